The molecule has 21 heavy (non-hydrogen) atoms. The maximum atomic E-state index is 5.96. The van der Waals surface area contributed by atoms with Gasteiger partial charge in [-0.2, -0.15) is 0 Å². The van der Waals surface area contributed by atoms with Crippen LogP contribution in [0.2, 0.25) is 0 Å². The molecule has 0 atom stereocenters. The van der Waals surface area contributed by atoms with Crippen molar-refractivity contribution in [3.05, 3.63) is 42.5 Å². The smallest absolute Gasteiger partial charge is 0.135 e. The van der Waals surface area contributed by atoms with Gasteiger partial charge in [0.25, 0.3) is 0 Å². The number of benzene rings is 3. The molecule has 0 spiro atoms. The van der Waals surface area contributed by atoms with Crippen LogP contribution in [0, 0.1) is 0 Å². The first kappa shape index (κ1) is 13.6. The third kappa shape index (κ3) is 2.25. The number of rotatable bonds is 4. The Bertz CT molecular complexity index is 796. The molecule has 0 heterocycles. The van der Waals surface area contributed by atoms with E-state index in [1.807, 2.05) is 44.2 Å². The highest BCUT2D eigenvalue weighted by molar-refractivity contribution is 6.11. The summed E-state index contributed by atoms with van der Waals surface area (Å²) < 4.78 is 11.8. The van der Waals surface area contributed by atoms with Crippen LogP contribution < -0.4 is 15.2 Å². The quantitative estimate of drug-likeness (QED) is 0.570. The summed E-state index contributed by atoms with van der Waals surface area (Å²) >= 11 is 0. The van der Waals surface area contributed by atoms with Crippen molar-refractivity contribution in [3.63, 3.8) is 0 Å². The third-order valence-corrected chi connectivity index (χ3v) is 3.53. The molecule has 0 bridgehead atoms. The monoisotopic (exact) mass is 281 g/mol. The molecule has 108 valence electrons. The highest BCUT2D eigenvalue weighted by Crippen LogP contribution is 2.43. The Morgan fingerprint density at radius 1 is 0.762 bits per heavy atom. The van der Waals surface area contributed by atoms with E-state index >= 15 is 0 Å². The van der Waals surface area contributed by atoms with E-state index in [9.17, 15) is 0 Å². The van der Waals surface area contributed by atoms with E-state index in [1.165, 1.54) is 0 Å². The lowest BCUT2D eigenvalue weighted by Gasteiger charge is -2.17. The van der Waals surface area contributed by atoms with Gasteiger partial charge in [0.05, 0.1) is 13.2 Å². The number of nitrogens with two attached hydrogens (primary N) is 1. The summed E-state index contributed by atoms with van der Waals surface area (Å²) in [6.45, 7) is 5.22. The van der Waals surface area contributed by atoms with Gasteiger partial charge < -0.3 is 15.2 Å². The van der Waals surface area contributed by atoms with Gasteiger partial charge in [0.1, 0.15) is 11.5 Å². The summed E-state index contributed by atoms with van der Waals surface area (Å²) in [5, 5.41) is 4.16. The molecule has 0 amide bonds. The first-order chi connectivity index (χ1) is 10.3. The molecule has 0 aliphatic heterocycles. The molecule has 3 aromatic rings. The second-order valence-electron chi connectivity index (χ2n) is 4.87. The summed E-state index contributed by atoms with van der Waals surface area (Å²) in [7, 11) is 0. The first-order valence-electron chi connectivity index (χ1n) is 7.25. The molecule has 0 fully saturated rings. The molecular formula is C18H19NO2. The predicted molar refractivity (Wildman–Crippen MR) is 88.2 cm³/mol. The van der Waals surface area contributed by atoms with E-state index in [4.69, 9.17) is 15.2 Å². The number of ether oxygens (including phenoxy) is 2. The van der Waals surface area contributed by atoms with Crippen molar-refractivity contribution in [1.29, 1.82) is 0 Å². The Balaban J connectivity index is 2.49. The summed E-state index contributed by atoms with van der Waals surface area (Å²) in [5.41, 5.74) is 6.68. The van der Waals surface area contributed by atoms with Crippen LogP contribution in [-0.4, -0.2) is 13.2 Å². The molecule has 0 unspecified atom stereocenters. The maximum Gasteiger partial charge on any atom is 0.135 e. The fourth-order valence-electron chi connectivity index (χ4n) is 2.72. The fraction of sp³-hybridized carbons (Fsp3) is 0.222. The van der Waals surface area contributed by atoms with Crippen molar-refractivity contribution < 1.29 is 9.47 Å². The molecule has 2 N–H and O–H groups in total. The minimum Gasteiger partial charge on any atom is -0.493 e. The van der Waals surface area contributed by atoms with Gasteiger partial charge in [-0.05, 0) is 32.0 Å². The lowest BCUT2D eigenvalue weighted by Crippen LogP contribution is -1.99. The number of anilines is 1. The lowest BCUT2D eigenvalue weighted by molar-refractivity contribution is 0.342. The maximum absolute atomic E-state index is 5.96. The van der Waals surface area contributed by atoms with Crippen LogP contribution in [0.3, 0.4) is 0 Å². The van der Waals surface area contributed by atoms with Crippen molar-refractivity contribution in [1.82, 2.24) is 0 Å². The Morgan fingerprint density at radius 3 is 1.86 bits per heavy atom. The second kappa shape index (κ2) is 5.52. The molecule has 0 aromatic heterocycles. The van der Waals surface area contributed by atoms with Crippen molar-refractivity contribution in [2.75, 3.05) is 18.9 Å². The van der Waals surface area contributed by atoms with Crippen LogP contribution in [0.5, 0.6) is 11.5 Å². The van der Waals surface area contributed by atoms with E-state index in [2.05, 4.69) is 12.1 Å². The highest BCUT2D eigenvalue weighted by atomic mass is 16.5. The molecule has 0 saturated heterocycles. The first-order valence-corrected chi connectivity index (χ1v) is 7.25. The predicted octanol–water partition coefficient (Wildman–Crippen LogP) is 4.37. The van der Waals surface area contributed by atoms with Crippen LogP contribution in [0.4, 0.5) is 5.69 Å². The molecule has 3 nitrogen and oxygen atoms in total. The zero-order chi connectivity index (χ0) is 14.8. The van der Waals surface area contributed by atoms with Crippen LogP contribution >= 0.6 is 0 Å². The summed E-state index contributed by atoms with van der Waals surface area (Å²) in [4.78, 5) is 0. The number of hydrogen-bond donors (Lipinski definition) is 1. The van der Waals surface area contributed by atoms with Crippen LogP contribution in [0.25, 0.3) is 21.5 Å². The molecule has 0 radical (unpaired) electrons. The van der Waals surface area contributed by atoms with Gasteiger partial charge in [-0.15, -0.1) is 0 Å². The van der Waals surface area contributed by atoms with E-state index in [0.29, 0.717) is 13.2 Å². The van der Waals surface area contributed by atoms with Gasteiger partial charge in [-0.25, -0.2) is 0 Å². The molecule has 0 aliphatic carbocycles. The summed E-state index contributed by atoms with van der Waals surface area (Å²) in [6.07, 6.45) is 0. The number of hydrogen-bond acceptors (Lipinski definition) is 3. The van der Waals surface area contributed by atoms with Crippen LogP contribution in [0.15, 0.2) is 42.5 Å². The normalized spacial score (nSPS) is 11.0. The van der Waals surface area contributed by atoms with E-state index in [1.54, 1.807) is 0 Å². The number of nitrogen functional groups attached to an aromatic ring is 1. The zero-order valence-electron chi connectivity index (χ0n) is 12.3. The zero-order valence-corrected chi connectivity index (χ0v) is 12.3. The molecule has 3 heteroatoms. The van der Waals surface area contributed by atoms with Gasteiger partial charge in [0.2, 0.25) is 0 Å². The molecular weight excluding hydrogens is 262 g/mol. The van der Waals surface area contributed by atoms with Gasteiger partial charge in [0, 0.05) is 27.2 Å². The largest absolute Gasteiger partial charge is 0.493 e. The average Bonchev–Trinajstić information content (AvgIpc) is 2.50. The topological polar surface area (TPSA) is 44.5 Å². The van der Waals surface area contributed by atoms with Crippen LogP contribution in [-0.2, 0) is 0 Å². The van der Waals surface area contributed by atoms with Crippen molar-refractivity contribution in [2.45, 2.75) is 13.8 Å². The van der Waals surface area contributed by atoms with Gasteiger partial charge in [-0.3, -0.25) is 0 Å². The van der Waals surface area contributed by atoms with Crippen molar-refractivity contribution in [3.8, 4) is 11.5 Å². The van der Waals surface area contributed by atoms with Gasteiger partial charge in [0.15, 0.2) is 0 Å². The van der Waals surface area contributed by atoms with E-state index in [0.717, 1.165) is 38.7 Å². The standard InChI is InChI=1S/C18H19NO2/c1-3-20-17-13-7-5-6-8-14(13)18(21-4-2)16-11-12(19)9-10-15(16)17/h5-11H,3-4,19H2,1-2H3. The van der Waals surface area contributed by atoms with Crippen molar-refractivity contribution in [2.24, 2.45) is 0 Å². The Morgan fingerprint density at radius 2 is 1.29 bits per heavy atom. The Hall–Kier alpha value is -2.42. The number of fused-ring (bicyclic) bond motifs is 2. The molecule has 3 aromatic carbocycles. The molecule has 0 aliphatic rings. The fourth-order valence-corrected chi connectivity index (χ4v) is 2.72. The van der Waals surface area contributed by atoms with Crippen molar-refractivity contribution >= 4 is 27.2 Å². The third-order valence-electron chi connectivity index (χ3n) is 3.53. The Kier molecular flexibility index (Phi) is 3.57. The SMILES string of the molecule is CCOc1c2ccccc2c(OCC)c2cc(N)ccc12. The second-order valence-corrected chi connectivity index (χ2v) is 4.87. The van der Waals surface area contributed by atoms with Crippen LogP contribution in [0.1, 0.15) is 13.8 Å². The van der Waals surface area contributed by atoms with Gasteiger partial charge >= 0.3 is 0 Å². The van der Waals surface area contributed by atoms with E-state index < -0.39 is 0 Å². The molecule has 3 rings (SSSR count). The average molecular weight is 281 g/mol. The van der Waals surface area contributed by atoms with E-state index in [-0.39, 0.29) is 0 Å². The minimum absolute atomic E-state index is 0.613. The highest BCUT2D eigenvalue weighted by Gasteiger charge is 2.15. The van der Waals surface area contributed by atoms with Gasteiger partial charge in [-0.1, -0.05) is 24.3 Å². The lowest BCUT2D eigenvalue weighted by atomic mass is 10.00. The summed E-state index contributed by atoms with van der Waals surface area (Å²) in [6, 6.07) is 14.0. The minimum atomic E-state index is 0.613. The molecule has 0 saturated carbocycles. The Labute approximate surface area is 124 Å². The summed E-state index contributed by atoms with van der Waals surface area (Å²) in [5.74, 6) is 1.77.